The van der Waals surface area contributed by atoms with Gasteiger partial charge in [-0.2, -0.15) is 0 Å². The van der Waals surface area contributed by atoms with Gasteiger partial charge in [0, 0.05) is 30.9 Å². The van der Waals surface area contributed by atoms with Crippen LogP contribution in [-0.4, -0.2) is 36.9 Å². The lowest BCUT2D eigenvalue weighted by Crippen LogP contribution is -2.44. The van der Waals surface area contributed by atoms with Crippen molar-refractivity contribution < 1.29 is 9.59 Å². The summed E-state index contributed by atoms with van der Waals surface area (Å²) in [6.07, 6.45) is 2.38. The summed E-state index contributed by atoms with van der Waals surface area (Å²) in [6.45, 7) is 3.33. The molecule has 4 rings (SSSR count). The second-order valence-electron chi connectivity index (χ2n) is 8.04. The number of nitrogens with one attached hydrogen (secondary N) is 1. The lowest BCUT2D eigenvalue weighted by Gasteiger charge is -2.28. The van der Waals surface area contributed by atoms with E-state index in [1.54, 1.807) is 18.4 Å². The van der Waals surface area contributed by atoms with Crippen molar-refractivity contribution in [3.05, 3.63) is 47.3 Å². The Morgan fingerprint density at radius 1 is 1.30 bits per heavy atom. The average Bonchev–Trinajstić information content (AvgIpc) is 3.09. The third-order valence-corrected chi connectivity index (χ3v) is 7.00. The Labute approximate surface area is 164 Å². The Balaban J connectivity index is 1.56. The number of likely N-dealkylation sites (tertiary alicyclic amines) is 1. The third-order valence-electron chi connectivity index (χ3n) is 6.08. The van der Waals surface area contributed by atoms with Crippen LogP contribution >= 0.6 is 11.3 Å². The SMILES string of the molecule is CNC(=O)[C@]1(Cc2cccc(-c3cccs3)c2)CCN(C(=O)[C@H]2C[C@@H]2C)C1. The minimum atomic E-state index is -0.531. The van der Waals surface area contributed by atoms with Crippen molar-refractivity contribution in [3.8, 4) is 10.4 Å². The number of carbonyl (C=O) groups is 2. The molecule has 1 aliphatic carbocycles. The van der Waals surface area contributed by atoms with E-state index in [0.29, 0.717) is 25.4 Å². The van der Waals surface area contributed by atoms with Gasteiger partial charge < -0.3 is 10.2 Å². The fraction of sp³-hybridized carbons (Fsp3) is 0.455. The monoisotopic (exact) mass is 382 g/mol. The quantitative estimate of drug-likeness (QED) is 0.859. The molecule has 1 saturated heterocycles. The minimum absolute atomic E-state index is 0.0446. The number of amides is 2. The molecule has 2 aliphatic rings. The molecule has 1 aromatic carbocycles. The van der Waals surface area contributed by atoms with Crippen molar-refractivity contribution in [1.82, 2.24) is 10.2 Å². The fourth-order valence-corrected chi connectivity index (χ4v) is 5.03. The van der Waals surface area contributed by atoms with Crippen LogP contribution < -0.4 is 5.32 Å². The van der Waals surface area contributed by atoms with Crippen molar-refractivity contribution in [1.29, 1.82) is 0 Å². The van der Waals surface area contributed by atoms with E-state index in [4.69, 9.17) is 0 Å². The lowest BCUT2D eigenvalue weighted by atomic mass is 9.79. The van der Waals surface area contributed by atoms with Crippen molar-refractivity contribution >= 4 is 23.2 Å². The highest BCUT2D eigenvalue weighted by molar-refractivity contribution is 7.13. The van der Waals surface area contributed by atoms with Crippen LogP contribution in [0.3, 0.4) is 0 Å². The van der Waals surface area contributed by atoms with Crippen LogP contribution in [0, 0.1) is 17.3 Å². The molecule has 2 aromatic rings. The number of thiophene rings is 1. The number of hydrogen-bond donors (Lipinski definition) is 1. The second kappa shape index (κ2) is 7.12. The topological polar surface area (TPSA) is 49.4 Å². The van der Waals surface area contributed by atoms with E-state index >= 15 is 0 Å². The van der Waals surface area contributed by atoms with Gasteiger partial charge >= 0.3 is 0 Å². The Morgan fingerprint density at radius 3 is 2.78 bits per heavy atom. The smallest absolute Gasteiger partial charge is 0.228 e. The Bertz CT molecular complexity index is 848. The van der Waals surface area contributed by atoms with Gasteiger partial charge in [-0.25, -0.2) is 0 Å². The summed E-state index contributed by atoms with van der Waals surface area (Å²) >= 11 is 1.72. The summed E-state index contributed by atoms with van der Waals surface area (Å²) in [5.74, 6) is 0.950. The van der Waals surface area contributed by atoms with E-state index in [0.717, 1.165) is 18.4 Å². The highest BCUT2D eigenvalue weighted by Crippen LogP contribution is 2.42. The summed E-state index contributed by atoms with van der Waals surface area (Å²) in [4.78, 5) is 28.7. The number of benzene rings is 1. The lowest BCUT2D eigenvalue weighted by molar-refractivity contribution is -0.134. The van der Waals surface area contributed by atoms with E-state index in [-0.39, 0.29) is 17.7 Å². The summed E-state index contributed by atoms with van der Waals surface area (Å²) in [7, 11) is 1.69. The van der Waals surface area contributed by atoms with E-state index < -0.39 is 5.41 Å². The standard InChI is InChI=1S/C22H26N2O2S/c1-15-11-18(15)20(25)24-9-8-22(14-24,21(26)23-2)13-16-5-3-6-17(12-16)19-7-4-10-27-19/h3-7,10,12,15,18H,8-9,11,13-14H2,1-2H3,(H,23,26)/t15-,18-,22-/m0/s1. The minimum Gasteiger partial charge on any atom is -0.359 e. The summed E-state index contributed by atoms with van der Waals surface area (Å²) < 4.78 is 0. The molecule has 1 aromatic heterocycles. The van der Waals surface area contributed by atoms with Gasteiger partial charge in [-0.05, 0) is 47.8 Å². The van der Waals surface area contributed by atoms with Crippen molar-refractivity contribution in [2.24, 2.45) is 17.3 Å². The molecule has 4 nitrogen and oxygen atoms in total. The normalized spacial score (nSPS) is 26.8. The van der Waals surface area contributed by atoms with Crippen LogP contribution in [0.25, 0.3) is 10.4 Å². The third kappa shape index (κ3) is 3.53. The van der Waals surface area contributed by atoms with Crippen LogP contribution in [0.15, 0.2) is 41.8 Å². The number of nitrogens with zero attached hydrogens (tertiary/aromatic N) is 1. The molecule has 2 heterocycles. The maximum absolute atomic E-state index is 12.8. The predicted molar refractivity (Wildman–Crippen MR) is 108 cm³/mol. The van der Waals surface area contributed by atoms with Gasteiger partial charge in [-0.15, -0.1) is 11.3 Å². The maximum Gasteiger partial charge on any atom is 0.228 e. The first-order chi connectivity index (χ1) is 13.0. The first-order valence-corrected chi connectivity index (χ1v) is 10.5. The highest BCUT2D eigenvalue weighted by atomic mass is 32.1. The van der Waals surface area contributed by atoms with Crippen molar-refractivity contribution in [2.45, 2.75) is 26.2 Å². The molecule has 1 aliphatic heterocycles. The summed E-state index contributed by atoms with van der Waals surface area (Å²) in [5, 5.41) is 4.93. The fourth-order valence-electron chi connectivity index (χ4n) is 4.30. The molecule has 5 heteroatoms. The van der Waals surface area contributed by atoms with E-state index in [1.165, 1.54) is 10.4 Å². The molecule has 0 bridgehead atoms. The zero-order chi connectivity index (χ0) is 19.0. The van der Waals surface area contributed by atoms with Gasteiger partial charge in [0.2, 0.25) is 11.8 Å². The average molecular weight is 383 g/mol. The van der Waals surface area contributed by atoms with E-state index in [2.05, 4.69) is 54.0 Å². The molecule has 3 atom stereocenters. The molecule has 0 radical (unpaired) electrons. The molecule has 27 heavy (non-hydrogen) atoms. The molecule has 0 unspecified atom stereocenters. The summed E-state index contributed by atoms with van der Waals surface area (Å²) in [5.41, 5.74) is 1.81. The van der Waals surface area contributed by atoms with Crippen LogP contribution in [-0.2, 0) is 16.0 Å². The molecule has 1 saturated carbocycles. The Hall–Kier alpha value is -2.14. The predicted octanol–water partition coefficient (Wildman–Crippen LogP) is 3.58. The first-order valence-electron chi connectivity index (χ1n) is 9.66. The Morgan fingerprint density at radius 2 is 2.11 bits per heavy atom. The van der Waals surface area contributed by atoms with Crippen LogP contribution in [0.5, 0.6) is 0 Å². The summed E-state index contributed by atoms with van der Waals surface area (Å²) in [6, 6.07) is 12.6. The molecule has 2 fully saturated rings. The largest absolute Gasteiger partial charge is 0.359 e. The molecular formula is C22H26N2O2S. The second-order valence-corrected chi connectivity index (χ2v) is 8.99. The number of carbonyl (C=O) groups excluding carboxylic acids is 2. The van der Waals surface area contributed by atoms with Crippen LogP contribution in [0.4, 0.5) is 0 Å². The molecule has 1 N–H and O–H groups in total. The maximum atomic E-state index is 12.8. The first kappa shape index (κ1) is 18.2. The van der Waals surface area contributed by atoms with Crippen molar-refractivity contribution in [3.63, 3.8) is 0 Å². The Kier molecular flexibility index (Phi) is 4.81. The molecule has 2 amide bonds. The number of rotatable bonds is 5. The van der Waals surface area contributed by atoms with Crippen LogP contribution in [0.1, 0.15) is 25.3 Å². The highest BCUT2D eigenvalue weighted by Gasteiger charge is 2.49. The van der Waals surface area contributed by atoms with Gasteiger partial charge in [0.1, 0.15) is 0 Å². The van der Waals surface area contributed by atoms with Crippen molar-refractivity contribution in [2.75, 3.05) is 20.1 Å². The van der Waals surface area contributed by atoms with Gasteiger partial charge in [0.05, 0.1) is 5.41 Å². The van der Waals surface area contributed by atoms with E-state index in [1.807, 2.05) is 4.90 Å². The van der Waals surface area contributed by atoms with Gasteiger partial charge in [-0.3, -0.25) is 9.59 Å². The zero-order valence-electron chi connectivity index (χ0n) is 15.9. The van der Waals surface area contributed by atoms with Crippen LogP contribution in [0.2, 0.25) is 0 Å². The molecular weight excluding hydrogens is 356 g/mol. The molecule has 0 spiro atoms. The zero-order valence-corrected chi connectivity index (χ0v) is 16.7. The number of hydrogen-bond acceptors (Lipinski definition) is 3. The van der Waals surface area contributed by atoms with E-state index in [9.17, 15) is 9.59 Å². The molecule has 142 valence electrons. The van der Waals surface area contributed by atoms with Gasteiger partial charge in [-0.1, -0.05) is 37.3 Å². The van der Waals surface area contributed by atoms with Gasteiger partial charge in [0.15, 0.2) is 0 Å². The van der Waals surface area contributed by atoms with Gasteiger partial charge in [0.25, 0.3) is 0 Å².